The summed E-state index contributed by atoms with van der Waals surface area (Å²) < 4.78 is 5.40. The molecule has 0 saturated carbocycles. The summed E-state index contributed by atoms with van der Waals surface area (Å²) in [5.41, 5.74) is 1.97. The van der Waals surface area contributed by atoms with Crippen LogP contribution in [0, 0.1) is 0 Å². The summed E-state index contributed by atoms with van der Waals surface area (Å²) in [6, 6.07) is 7.81. The smallest absolute Gasteiger partial charge is 0.241 e. The zero-order valence-electron chi connectivity index (χ0n) is 18.2. The van der Waals surface area contributed by atoms with Crippen molar-refractivity contribution in [1.29, 1.82) is 0 Å². The van der Waals surface area contributed by atoms with Gasteiger partial charge < -0.3 is 20.3 Å². The average Bonchev–Trinajstić information content (AvgIpc) is 2.79. The Bertz CT molecular complexity index is 683. The fraction of sp³-hybridized carbons (Fsp3) is 0.636. The van der Waals surface area contributed by atoms with Gasteiger partial charge in [0, 0.05) is 57.2 Å². The summed E-state index contributed by atoms with van der Waals surface area (Å²) in [6.45, 7) is 11.6. The van der Waals surface area contributed by atoms with Gasteiger partial charge in [-0.2, -0.15) is 0 Å². The minimum Gasteiger partial charge on any atom is -0.378 e. The van der Waals surface area contributed by atoms with Crippen LogP contribution < -0.4 is 15.5 Å². The van der Waals surface area contributed by atoms with E-state index in [0.29, 0.717) is 6.54 Å². The number of nitrogens with zero attached hydrogens (tertiary/aromatic N) is 3. The minimum atomic E-state index is -0.208. The quantitative estimate of drug-likeness (QED) is 0.657. The highest BCUT2D eigenvalue weighted by atomic mass is 16.5. The number of benzene rings is 1. The van der Waals surface area contributed by atoms with Crippen LogP contribution in [0.15, 0.2) is 24.3 Å². The molecule has 2 saturated heterocycles. The predicted octanol–water partition coefficient (Wildman–Crippen LogP) is 0.994. The molecule has 0 radical (unpaired) electrons. The van der Waals surface area contributed by atoms with Crippen LogP contribution in [-0.4, -0.2) is 93.2 Å². The zero-order valence-corrected chi connectivity index (χ0v) is 18.2. The molecule has 166 valence electrons. The van der Waals surface area contributed by atoms with E-state index in [0.717, 1.165) is 76.8 Å². The van der Waals surface area contributed by atoms with Crippen LogP contribution >= 0.6 is 0 Å². The Balaban J connectivity index is 1.43. The van der Waals surface area contributed by atoms with Crippen LogP contribution in [0.1, 0.15) is 20.3 Å². The molecule has 2 amide bonds. The second-order valence-corrected chi connectivity index (χ2v) is 7.97. The van der Waals surface area contributed by atoms with Gasteiger partial charge in [-0.15, -0.1) is 0 Å². The van der Waals surface area contributed by atoms with E-state index in [4.69, 9.17) is 4.74 Å². The van der Waals surface area contributed by atoms with E-state index in [-0.39, 0.29) is 17.9 Å². The van der Waals surface area contributed by atoms with E-state index in [1.807, 2.05) is 38.1 Å². The van der Waals surface area contributed by atoms with Crippen molar-refractivity contribution < 1.29 is 14.3 Å². The molecule has 2 N–H and O–H groups in total. The van der Waals surface area contributed by atoms with Gasteiger partial charge in [0.2, 0.25) is 11.8 Å². The molecule has 3 rings (SSSR count). The molecule has 8 nitrogen and oxygen atoms in total. The first-order valence-electron chi connectivity index (χ1n) is 11.0. The van der Waals surface area contributed by atoms with Crippen molar-refractivity contribution in [3.05, 3.63) is 24.3 Å². The molecule has 0 unspecified atom stereocenters. The fourth-order valence-corrected chi connectivity index (χ4v) is 3.82. The van der Waals surface area contributed by atoms with Crippen LogP contribution in [0.5, 0.6) is 0 Å². The molecule has 2 aliphatic heterocycles. The standard InChI is InChI=1S/C22H35N5O3/c1-3-8-23-21(28)17-25-9-11-26(12-10-25)18(2)22(29)24-19-4-6-20(7-5-19)27-13-15-30-16-14-27/h4-7,18H,3,8-17H2,1-2H3,(H,23,28)(H,24,29)/t18-/m0/s1. The number of morpholine rings is 1. The summed E-state index contributed by atoms with van der Waals surface area (Å²) in [6.07, 6.45) is 0.947. The highest BCUT2D eigenvalue weighted by Gasteiger charge is 2.26. The first-order chi connectivity index (χ1) is 14.6. The van der Waals surface area contributed by atoms with E-state index in [1.165, 1.54) is 0 Å². The highest BCUT2D eigenvalue weighted by molar-refractivity contribution is 5.94. The lowest BCUT2D eigenvalue weighted by Crippen LogP contribution is -2.54. The zero-order chi connectivity index (χ0) is 21.3. The number of carbonyl (C=O) groups is 2. The number of carbonyl (C=O) groups excluding carboxylic acids is 2. The van der Waals surface area contributed by atoms with Crippen molar-refractivity contribution in [2.75, 3.05) is 75.8 Å². The van der Waals surface area contributed by atoms with Crippen LogP contribution in [0.2, 0.25) is 0 Å². The second-order valence-electron chi connectivity index (χ2n) is 7.97. The van der Waals surface area contributed by atoms with Crippen LogP contribution in [0.3, 0.4) is 0 Å². The van der Waals surface area contributed by atoms with Crippen LogP contribution in [-0.2, 0) is 14.3 Å². The Hall–Kier alpha value is -2.16. The minimum absolute atomic E-state index is 0.00302. The number of ether oxygens (including phenoxy) is 1. The number of rotatable bonds is 8. The molecule has 0 bridgehead atoms. The normalized spacial score (nSPS) is 19.3. The molecule has 2 fully saturated rings. The molecule has 0 spiro atoms. The lowest BCUT2D eigenvalue weighted by Gasteiger charge is -2.37. The third kappa shape index (κ3) is 6.42. The number of hydrogen-bond donors (Lipinski definition) is 2. The van der Waals surface area contributed by atoms with E-state index < -0.39 is 0 Å². The first-order valence-corrected chi connectivity index (χ1v) is 11.0. The maximum absolute atomic E-state index is 12.7. The lowest BCUT2D eigenvalue weighted by atomic mass is 10.2. The largest absolute Gasteiger partial charge is 0.378 e. The average molecular weight is 418 g/mol. The molecule has 2 heterocycles. The Morgan fingerprint density at radius 2 is 1.70 bits per heavy atom. The summed E-state index contributed by atoms with van der Waals surface area (Å²) in [5, 5.41) is 5.95. The highest BCUT2D eigenvalue weighted by Crippen LogP contribution is 2.19. The number of piperazine rings is 1. The predicted molar refractivity (Wildman–Crippen MR) is 119 cm³/mol. The van der Waals surface area contributed by atoms with E-state index in [1.54, 1.807) is 0 Å². The molecule has 0 aromatic heterocycles. The molecular formula is C22H35N5O3. The Morgan fingerprint density at radius 1 is 1.03 bits per heavy atom. The van der Waals surface area contributed by atoms with Gasteiger partial charge in [0.05, 0.1) is 25.8 Å². The number of hydrogen-bond acceptors (Lipinski definition) is 6. The maximum Gasteiger partial charge on any atom is 0.241 e. The lowest BCUT2D eigenvalue weighted by molar-refractivity contribution is -0.124. The number of anilines is 2. The molecule has 1 atom stereocenters. The number of amides is 2. The molecule has 1 aromatic rings. The van der Waals surface area contributed by atoms with E-state index in [2.05, 4.69) is 25.3 Å². The van der Waals surface area contributed by atoms with E-state index >= 15 is 0 Å². The third-order valence-electron chi connectivity index (χ3n) is 5.78. The summed E-state index contributed by atoms with van der Waals surface area (Å²) in [4.78, 5) is 31.2. The fourth-order valence-electron chi connectivity index (χ4n) is 3.82. The Morgan fingerprint density at radius 3 is 2.33 bits per heavy atom. The van der Waals surface area contributed by atoms with Crippen molar-refractivity contribution in [3.63, 3.8) is 0 Å². The molecular weight excluding hydrogens is 382 g/mol. The molecule has 8 heteroatoms. The third-order valence-corrected chi connectivity index (χ3v) is 5.78. The van der Waals surface area contributed by atoms with Crippen LogP contribution in [0.25, 0.3) is 0 Å². The molecule has 1 aromatic carbocycles. The van der Waals surface area contributed by atoms with Gasteiger partial charge in [-0.05, 0) is 37.6 Å². The summed E-state index contributed by atoms with van der Waals surface area (Å²) in [7, 11) is 0. The van der Waals surface area contributed by atoms with Gasteiger partial charge in [-0.25, -0.2) is 0 Å². The van der Waals surface area contributed by atoms with Gasteiger partial charge in [0.15, 0.2) is 0 Å². The number of nitrogens with one attached hydrogen (secondary N) is 2. The Labute approximate surface area is 179 Å². The van der Waals surface area contributed by atoms with Gasteiger partial charge in [0.25, 0.3) is 0 Å². The van der Waals surface area contributed by atoms with Gasteiger partial charge in [-0.1, -0.05) is 6.92 Å². The van der Waals surface area contributed by atoms with E-state index in [9.17, 15) is 9.59 Å². The van der Waals surface area contributed by atoms with Gasteiger partial charge in [0.1, 0.15) is 0 Å². The van der Waals surface area contributed by atoms with Crippen molar-refractivity contribution in [2.45, 2.75) is 26.3 Å². The molecule has 30 heavy (non-hydrogen) atoms. The topological polar surface area (TPSA) is 77.2 Å². The SMILES string of the molecule is CCCNC(=O)CN1CCN([C@@H](C)C(=O)Nc2ccc(N3CCOCC3)cc2)CC1. The van der Waals surface area contributed by atoms with Gasteiger partial charge >= 0.3 is 0 Å². The Kier molecular flexibility index (Phi) is 8.48. The molecule has 0 aliphatic carbocycles. The summed E-state index contributed by atoms with van der Waals surface area (Å²) in [5.74, 6) is 0.0832. The first kappa shape index (κ1) is 22.5. The van der Waals surface area contributed by atoms with Crippen molar-refractivity contribution in [2.24, 2.45) is 0 Å². The maximum atomic E-state index is 12.7. The monoisotopic (exact) mass is 417 g/mol. The second kappa shape index (κ2) is 11.3. The van der Waals surface area contributed by atoms with Crippen molar-refractivity contribution >= 4 is 23.2 Å². The van der Waals surface area contributed by atoms with Crippen molar-refractivity contribution in [1.82, 2.24) is 15.1 Å². The van der Waals surface area contributed by atoms with Crippen molar-refractivity contribution in [3.8, 4) is 0 Å². The van der Waals surface area contributed by atoms with Gasteiger partial charge in [-0.3, -0.25) is 19.4 Å². The summed E-state index contributed by atoms with van der Waals surface area (Å²) >= 11 is 0. The van der Waals surface area contributed by atoms with Crippen LogP contribution in [0.4, 0.5) is 11.4 Å². The molecule has 2 aliphatic rings.